The van der Waals surface area contributed by atoms with Gasteiger partial charge in [-0.2, -0.15) is 0 Å². The Morgan fingerprint density at radius 3 is 2.47 bits per heavy atom. The molecule has 0 unspecified atom stereocenters. The monoisotopic (exact) mass is 468 g/mol. The molecule has 0 heterocycles. The smallest absolute Gasteiger partial charge is 0.310 e. The lowest BCUT2D eigenvalue weighted by Crippen LogP contribution is -2.53. The van der Waals surface area contributed by atoms with Gasteiger partial charge in [0.25, 0.3) is 0 Å². The molecule has 1 N–H and O–H groups in total. The van der Waals surface area contributed by atoms with E-state index >= 15 is 0 Å². The Morgan fingerprint density at radius 1 is 1.15 bits per heavy atom. The van der Waals surface area contributed by atoms with Crippen LogP contribution in [0.4, 0.5) is 0 Å². The predicted molar refractivity (Wildman–Crippen MR) is 130 cm³/mol. The minimum absolute atomic E-state index is 0.0633. The number of hydrogen-bond acceptors (Lipinski definition) is 4. The molecular weight excluding hydrogens is 428 g/mol. The van der Waals surface area contributed by atoms with Crippen LogP contribution in [0.5, 0.6) is 0 Å². The third kappa shape index (κ3) is 3.65. The van der Waals surface area contributed by atoms with Gasteiger partial charge in [0.2, 0.25) is 0 Å². The first-order chi connectivity index (χ1) is 15.8. The van der Waals surface area contributed by atoms with Crippen molar-refractivity contribution in [3.8, 4) is 0 Å². The number of fused-ring (bicyclic) bond motifs is 4. The molecule has 0 spiro atoms. The minimum atomic E-state index is -0.843. The van der Waals surface area contributed by atoms with Crippen molar-refractivity contribution in [1.82, 2.24) is 0 Å². The molecule has 2 fully saturated rings. The van der Waals surface area contributed by atoms with Crippen molar-refractivity contribution in [2.45, 2.75) is 86.0 Å². The number of ketones is 3. The highest BCUT2D eigenvalue weighted by atomic mass is 16.4. The van der Waals surface area contributed by atoms with E-state index < -0.39 is 11.9 Å². The minimum Gasteiger partial charge on any atom is -0.481 e. The van der Waals surface area contributed by atoms with Crippen LogP contribution in [0.15, 0.2) is 23.3 Å². The maximum absolute atomic E-state index is 13.8. The van der Waals surface area contributed by atoms with Crippen molar-refractivity contribution in [2.75, 3.05) is 0 Å². The maximum Gasteiger partial charge on any atom is 0.310 e. The molecule has 5 heteroatoms. The first kappa shape index (κ1) is 25.1. The molecule has 34 heavy (non-hydrogen) atoms. The van der Waals surface area contributed by atoms with E-state index in [1.807, 2.05) is 6.92 Å². The molecule has 2 saturated carbocycles. The molecular formula is C29H40O5. The summed E-state index contributed by atoms with van der Waals surface area (Å²) >= 11 is 0. The van der Waals surface area contributed by atoms with Crippen molar-refractivity contribution in [2.24, 2.45) is 46.3 Å². The van der Waals surface area contributed by atoms with E-state index in [1.165, 1.54) is 0 Å². The summed E-state index contributed by atoms with van der Waals surface area (Å²) in [5.74, 6) is -0.453. The van der Waals surface area contributed by atoms with Crippen LogP contribution in [0.3, 0.4) is 0 Å². The number of carboxylic acid groups (broad SMARTS) is 1. The largest absolute Gasteiger partial charge is 0.481 e. The van der Waals surface area contributed by atoms with Crippen LogP contribution in [-0.2, 0) is 19.2 Å². The molecule has 0 aromatic heterocycles. The predicted octanol–water partition coefficient (Wildman–Crippen LogP) is 5.58. The maximum atomic E-state index is 13.8. The zero-order chi connectivity index (χ0) is 25.2. The highest BCUT2D eigenvalue weighted by molar-refractivity contribution is 6.11. The summed E-state index contributed by atoms with van der Waals surface area (Å²) in [5, 5.41) is 9.27. The summed E-state index contributed by atoms with van der Waals surface area (Å²) in [4.78, 5) is 51.1. The molecule has 0 bridgehead atoms. The normalized spacial score (nSPS) is 39.3. The Labute approximate surface area is 203 Å². The van der Waals surface area contributed by atoms with Gasteiger partial charge < -0.3 is 5.11 Å². The molecule has 0 aromatic rings. The van der Waals surface area contributed by atoms with Crippen LogP contribution in [0.25, 0.3) is 0 Å². The number of carboxylic acids is 1. The van der Waals surface area contributed by atoms with Gasteiger partial charge in [-0.05, 0) is 68.1 Å². The van der Waals surface area contributed by atoms with Gasteiger partial charge in [-0.1, -0.05) is 39.8 Å². The molecule has 4 aliphatic rings. The highest BCUT2D eigenvalue weighted by Crippen LogP contribution is 2.64. The van der Waals surface area contributed by atoms with Crippen molar-refractivity contribution in [1.29, 1.82) is 0 Å². The van der Waals surface area contributed by atoms with Crippen LogP contribution in [0, 0.1) is 46.3 Å². The van der Waals surface area contributed by atoms with Crippen LogP contribution in [0.2, 0.25) is 0 Å². The molecule has 0 aromatic carbocycles. The van der Waals surface area contributed by atoms with E-state index in [9.17, 15) is 24.3 Å². The van der Waals surface area contributed by atoms with Gasteiger partial charge in [-0.25, -0.2) is 0 Å². The van der Waals surface area contributed by atoms with E-state index in [1.54, 1.807) is 6.92 Å². The number of rotatable bonds is 6. The zero-order valence-corrected chi connectivity index (χ0v) is 21.4. The Bertz CT molecular complexity index is 988. The average Bonchev–Trinajstić information content (AvgIpc) is 3.11. The fourth-order valence-electron chi connectivity index (χ4n) is 8.25. The van der Waals surface area contributed by atoms with Crippen molar-refractivity contribution in [3.05, 3.63) is 23.3 Å². The summed E-state index contributed by atoms with van der Waals surface area (Å²) in [6.45, 7) is 14.2. The molecule has 0 amide bonds. The number of carbonyl (C=O) groups excluding carboxylic acids is 3. The van der Waals surface area contributed by atoms with Crippen LogP contribution in [0.1, 0.15) is 86.0 Å². The van der Waals surface area contributed by atoms with Gasteiger partial charge in [0.1, 0.15) is 5.78 Å². The van der Waals surface area contributed by atoms with E-state index in [2.05, 4.69) is 27.4 Å². The van der Waals surface area contributed by atoms with E-state index in [4.69, 9.17) is 0 Å². The topological polar surface area (TPSA) is 88.5 Å². The molecule has 0 saturated heterocycles. The first-order valence-corrected chi connectivity index (χ1v) is 13.1. The van der Waals surface area contributed by atoms with E-state index in [0.717, 1.165) is 36.0 Å². The first-order valence-electron chi connectivity index (χ1n) is 13.1. The third-order valence-corrected chi connectivity index (χ3v) is 10.5. The van der Waals surface area contributed by atoms with Gasteiger partial charge in [0.05, 0.1) is 5.92 Å². The molecule has 0 radical (unpaired) electrons. The standard InChI is InChI=1S/C29H40O5/c1-15(17(3)27(33)34)7-8-16(2)19-9-10-20-25-23(31)13-21-18(4)22(30)11-12-28(21,5)26(25)24(32)14-29(19,20)6/h16-21H,1,7-14H2,2-6H3,(H,33,34)/t16-,17-,18+,19-,20+,21-,28+,29-/m1/s1. The summed E-state index contributed by atoms with van der Waals surface area (Å²) < 4.78 is 0. The highest BCUT2D eigenvalue weighted by Gasteiger charge is 2.61. The average molecular weight is 469 g/mol. The van der Waals surface area contributed by atoms with Gasteiger partial charge >= 0.3 is 5.97 Å². The lowest BCUT2D eigenvalue weighted by molar-refractivity contribution is -0.140. The molecule has 0 aliphatic heterocycles. The fourth-order valence-corrected chi connectivity index (χ4v) is 8.25. The molecule has 4 aliphatic carbocycles. The Hall–Kier alpha value is -2.04. The quantitative estimate of drug-likeness (QED) is 0.514. The Morgan fingerprint density at radius 2 is 1.82 bits per heavy atom. The van der Waals surface area contributed by atoms with Gasteiger partial charge in [0, 0.05) is 41.7 Å². The fraction of sp³-hybridized carbons (Fsp3) is 0.724. The van der Waals surface area contributed by atoms with Crippen molar-refractivity contribution in [3.63, 3.8) is 0 Å². The molecule has 5 nitrogen and oxygen atoms in total. The number of aliphatic carboxylic acids is 1. The van der Waals surface area contributed by atoms with Gasteiger partial charge in [-0.3, -0.25) is 19.2 Å². The number of hydrogen-bond donors (Lipinski definition) is 1. The summed E-state index contributed by atoms with van der Waals surface area (Å²) in [5.41, 5.74) is 1.70. The van der Waals surface area contributed by atoms with E-state index in [-0.39, 0.29) is 45.9 Å². The van der Waals surface area contributed by atoms with E-state index in [0.29, 0.717) is 43.9 Å². The second-order valence-corrected chi connectivity index (χ2v) is 12.3. The molecule has 4 rings (SSSR count). The van der Waals surface area contributed by atoms with Gasteiger partial charge in [-0.15, -0.1) is 0 Å². The Balaban J connectivity index is 1.61. The SMILES string of the molecule is C=C(CC[C@@H](C)[C@H]1CC[C@H]2C3=C(C(=O)C[C@]12C)[C@@]1(C)CCC(=O)[C@@H](C)[C@H]1CC3=O)[C@@H](C)C(=O)O. The van der Waals surface area contributed by atoms with Crippen LogP contribution >= 0.6 is 0 Å². The summed E-state index contributed by atoms with van der Waals surface area (Å²) in [6.07, 6.45) is 5.43. The second kappa shape index (κ2) is 8.57. The summed E-state index contributed by atoms with van der Waals surface area (Å²) in [6, 6.07) is 0. The number of carbonyl (C=O) groups is 4. The lowest BCUT2D eigenvalue weighted by atomic mass is 9.48. The van der Waals surface area contributed by atoms with Crippen LogP contribution < -0.4 is 0 Å². The van der Waals surface area contributed by atoms with Crippen molar-refractivity contribution >= 4 is 23.3 Å². The number of allylic oxidation sites excluding steroid dienone is 2. The molecule has 186 valence electrons. The van der Waals surface area contributed by atoms with Crippen molar-refractivity contribution < 1.29 is 24.3 Å². The third-order valence-electron chi connectivity index (χ3n) is 10.5. The number of Topliss-reactive ketones (excluding diaryl/α,β-unsaturated/α-hetero) is 3. The summed E-state index contributed by atoms with van der Waals surface area (Å²) in [7, 11) is 0. The van der Waals surface area contributed by atoms with Crippen LogP contribution in [-0.4, -0.2) is 28.4 Å². The lowest BCUT2D eigenvalue weighted by Gasteiger charge is -2.53. The van der Waals surface area contributed by atoms with Gasteiger partial charge in [0.15, 0.2) is 11.6 Å². The molecule has 8 atom stereocenters. The zero-order valence-electron chi connectivity index (χ0n) is 21.4. The second-order valence-electron chi connectivity index (χ2n) is 12.3. The Kier molecular flexibility index (Phi) is 6.31.